The molecule has 0 bridgehead atoms. The first-order valence-electron chi connectivity index (χ1n) is 14.0. The average molecular weight is 687 g/mol. The molecule has 1 atom stereocenters. The molecule has 0 fully saturated rings. The molecular formula is C36H26Cl3N3O3S. The number of benzene rings is 5. The molecule has 10 heteroatoms. The van der Waals surface area contributed by atoms with Crippen molar-refractivity contribution in [3.63, 3.8) is 0 Å². The third-order valence-corrected chi connectivity index (χ3v) is 8.76. The second kappa shape index (κ2) is 15.7. The van der Waals surface area contributed by atoms with Gasteiger partial charge in [0, 0.05) is 26.2 Å². The molecule has 0 saturated heterocycles. The van der Waals surface area contributed by atoms with Gasteiger partial charge in [0.25, 0.3) is 11.8 Å². The maximum atomic E-state index is 13.6. The van der Waals surface area contributed by atoms with E-state index in [4.69, 9.17) is 34.8 Å². The van der Waals surface area contributed by atoms with Crippen molar-refractivity contribution in [3.05, 3.63) is 165 Å². The zero-order valence-corrected chi connectivity index (χ0v) is 27.1. The number of thioether (sulfide) groups is 1. The summed E-state index contributed by atoms with van der Waals surface area (Å²) >= 11 is 20.1. The van der Waals surface area contributed by atoms with Crippen LogP contribution in [0.25, 0.3) is 6.08 Å². The van der Waals surface area contributed by atoms with Gasteiger partial charge in [0.15, 0.2) is 0 Å². The van der Waals surface area contributed by atoms with Gasteiger partial charge in [-0.25, -0.2) is 0 Å². The Balaban J connectivity index is 1.39. The molecular weight excluding hydrogens is 661 g/mol. The Morgan fingerprint density at radius 1 is 0.674 bits per heavy atom. The van der Waals surface area contributed by atoms with E-state index < -0.39 is 17.1 Å². The highest BCUT2D eigenvalue weighted by Gasteiger charge is 2.24. The van der Waals surface area contributed by atoms with Crippen LogP contribution in [-0.4, -0.2) is 17.7 Å². The fourth-order valence-corrected chi connectivity index (χ4v) is 5.97. The molecule has 0 aromatic heterocycles. The first-order valence-corrected chi connectivity index (χ1v) is 16.0. The maximum absolute atomic E-state index is 13.6. The van der Waals surface area contributed by atoms with Gasteiger partial charge in [-0.1, -0.05) is 108 Å². The molecule has 6 nitrogen and oxygen atoms in total. The van der Waals surface area contributed by atoms with Crippen molar-refractivity contribution in [2.75, 3.05) is 10.6 Å². The van der Waals surface area contributed by atoms with Crippen LogP contribution >= 0.6 is 46.6 Å². The van der Waals surface area contributed by atoms with Gasteiger partial charge in [-0.05, 0) is 71.8 Å². The van der Waals surface area contributed by atoms with Crippen LogP contribution in [-0.2, 0) is 9.59 Å². The fraction of sp³-hybridized carbons (Fsp3) is 0.0278. The Morgan fingerprint density at radius 3 is 2.11 bits per heavy atom. The van der Waals surface area contributed by atoms with E-state index in [9.17, 15) is 14.4 Å². The highest BCUT2D eigenvalue weighted by molar-refractivity contribution is 8.00. The van der Waals surface area contributed by atoms with E-state index >= 15 is 0 Å². The number of hydrogen-bond donors (Lipinski definition) is 3. The lowest BCUT2D eigenvalue weighted by Gasteiger charge is -2.18. The van der Waals surface area contributed by atoms with Crippen molar-refractivity contribution >= 4 is 81.7 Å². The second-order valence-corrected chi connectivity index (χ2v) is 12.3. The van der Waals surface area contributed by atoms with Crippen molar-refractivity contribution in [1.82, 2.24) is 5.32 Å². The van der Waals surface area contributed by atoms with Crippen molar-refractivity contribution < 1.29 is 14.4 Å². The molecule has 0 saturated carbocycles. The van der Waals surface area contributed by atoms with E-state index in [0.717, 1.165) is 5.56 Å². The SMILES string of the molecule is O=C(Nc1cccc(SC(C(=O)Nc2cc(Cl)ccc2Cl)c2ccccc2)c1)/C(=C\c1ccccc1Cl)NC(=O)c1ccccc1. The molecule has 0 spiro atoms. The highest BCUT2D eigenvalue weighted by Crippen LogP contribution is 2.38. The minimum atomic E-state index is -0.664. The van der Waals surface area contributed by atoms with Gasteiger partial charge >= 0.3 is 0 Å². The van der Waals surface area contributed by atoms with Gasteiger partial charge < -0.3 is 16.0 Å². The molecule has 0 aliphatic heterocycles. The standard InChI is InChI=1S/C36H26Cl3N3O3S/c37-26-18-19-30(39)31(21-26)41-36(45)33(23-10-3-1-4-11-23)46-28-16-9-15-27(22-28)40-35(44)32(20-25-14-7-8-17-29(25)38)42-34(43)24-12-5-2-6-13-24/h1-22,33H,(H,40,44)(H,41,45)(H,42,43)/b32-20+. The van der Waals surface area contributed by atoms with Crippen molar-refractivity contribution in [2.24, 2.45) is 0 Å². The average Bonchev–Trinajstić information content (AvgIpc) is 3.07. The number of rotatable bonds is 10. The number of halogens is 3. The van der Waals surface area contributed by atoms with E-state index in [2.05, 4.69) is 16.0 Å². The Bertz CT molecular complexity index is 1900. The highest BCUT2D eigenvalue weighted by atomic mass is 35.5. The number of anilines is 2. The Labute approximate surface area is 285 Å². The van der Waals surface area contributed by atoms with Crippen LogP contribution in [0.4, 0.5) is 11.4 Å². The van der Waals surface area contributed by atoms with Gasteiger partial charge in [-0.15, -0.1) is 11.8 Å². The quantitative estimate of drug-likeness (QED) is 0.101. The molecule has 230 valence electrons. The molecule has 5 aromatic carbocycles. The van der Waals surface area contributed by atoms with Crippen LogP contribution in [0.1, 0.15) is 26.7 Å². The number of nitrogens with one attached hydrogen (secondary N) is 3. The molecule has 3 amide bonds. The third kappa shape index (κ3) is 8.80. The maximum Gasteiger partial charge on any atom is 0.272 e. The smallest absolute Gasteiger partial charge is 0.272 e. The molecule has 0 aliphatic carbocycles. The Kier molecular flexibility index (Phi) is 11.2. The summed E-state index contributed by atoms with van der Waals surface area (Å²) in [4.78, 5) is 40.9. The van der Waals surface area contributed by atoms with Crippen LogP contribution in [0.3, 0.4) is 0 Å². The number of hydrogen-bond acceptors (Lipinski definition) is 4. The van der Waals surface area contributed by atoms with E-state index in [1.54, 1.807) is 91.0 Å². The minimum Gasteiger partial charge on any atom is -0.323 e. The molecule has 5 aromatic rings. The molecule has 0 radical (unpaired) electrons. The molecule has 5 rings (SSSR count). The Morgan fingerprint density at radius 2 is 1.37 bits per heavy atom. The number of amides is 3. The summed E-state index contributed by atoms with van der Waals surface area (Å²) in [7, 11) is 0. The van der Waals surface area contributed by atoms with Crippen molar-refractivity contribution in [2.45, 2.75) is 10.1 Å². The minimum absolute atomic E-state index is 0.0000466. The van der Waals surface area contributed by atoms with Crippen LogP contribution in [0.2, 0.25) is 15.1 Å². The fourth-order valence-electron chi connectivity index (χ4n) is 4.36. The summed E-state index contributed by atoms with van der Waals surface area (Å²) in [5, 5.41) is 9.02. The van der Waals surface area contributed by atoms with E-state index in [0.29, 0.717) is 42.5 Å². The monoisotopic (exact) mass is 685 g/mol. The van der Waals surface area contributed by atoms with E-state index in [-0.39, 0.29) is 11.6 Å². The van der Waals surface area contributed by atoms with Crippen LogP contribution in [0.5, 0.6) is 0 Å². The largest absolute Gasteiger partial charge is 0.323 e. The summed E-state index contributed by atoms with van der Waals surface area (Å²) in [6.45, 7) is 0. The topological polar surface area (TPSA) is 87.3 Å². The van der Waals surface area contributed by atoms with Gasteiger partial charge in [0.05, 0.1) is 10.7 Å². The number of carbonyl (C=O) groups is 3. The predicted octanol–water partition coefficient (Wildman–Crippen LogP) is 9.53. The lowest BCUT2D eigenvalue weighted by Crippen LogP contribution is -2.30. The Hall–Kier alpha value is -4.53. The molecule has 0 aliphatic rings. The van der Waals surface area contributed by atoms with Gasteiger partial charge in [-0.3, -0.25) is 14.4 Å². The van der Waals surface area contributed by atoms with Crippen LogP contribution < -0.4 is 16.0 Å². The molecule has 1 unspecified atom stereocenters. The second-order valence-electron chi connectivity index (χ2n) is 9.90. The van der Waals surface area contributed by atoms with Crippen LogP contribution in [0, 0.1) is 0 Å². The van der Waals surface area contributed by atoms with Gasteiger partial charge in [-0.2, -0.15) is 0 Å². The molecule has 46 heavy (non-hydrogen) atoms. The predicted molar refractivity (Wildman–Crippen MR) is 189 cm³/mol. The summed E-state index contributed by atoms with van der Waals surface area (Å²) in [6, 6.07) is 36.8. The lowest BCUT2D eigenvalue weighted by atomic mass is 10.1. The third-order valence-electron chi connectivity index (χ3n) is 6.61. The number of carbonyl (C=O) groups excluding carboxylic acids is 3. The van der Waals surface area contributed by atoms with Gasteiger partial charge in [0.1, 0.15) is 10.9 Å². The van der Waals surface area contributed by atoms with Crippen molar-refractivity contribution in [1.29, 1.82) is 0 Å². The lowest BCUT2D eigenvalue weighted by molar-refractivity contribution is -0.116. The first kappa shape index (κ1) is 32.9. The zero-order chi connectivity index (χ0) is 32.5. The van der Waals surface area contributed by atoms with E-state index in [1.807, 2.05) is 36.4 Å². The normalized spacial score (nSPS) is 11.8. The molecule has 3 N–H and O–H groups in total. The van der Waals surface area contributed by atoms with E-state index in [1.165, 1.54) is 17.8 Å². The van der Waals surface area contributed by atoms with Gasteiger partial charge in [0.2, 0.25) is 5.91 Å². The summed E-state index contributed by atoms with van der Waals surface area (Å²) in [5.74, 6) is -1.31. The first-order chi connectivity index (χ1) is 22.3. The van der Waals surface area contributed by atoms with Crippen LogP contribution in [0.15, 0.2) is 138 Å². The summed E-state index contributed by atoms with van der Waals surface area (Å²) in [5.41, 5.74) is 2.58. The molecule has 0 heterocycles. The summed E-state index contributed by atoms with van der Waals surface area (Å²) < 4.78 is 0. The van der Waals surface area contributed by atoms with Crippen molar-refractivity contribution in [3.8, 4) is 0 Å². The summed E-state index contributed by atoms with van der Waals surface area (Å²) in [6.07, 6.45) is 1.52. The zero-order valence-electron chi connectivity index (χ0n) is 24.0.